The number of alkyl carbamates (subject to hydrolysis) is 1. The van der Waals surface area contributed by atoms with Gasteiger partial charge in [-0.25, -0.2) is 4.79 Å². The van der Waals surface area contributed by atoms with E-state index in [0.29, 0.717) is 32.5 Å². The number of carbonyl (C=O) groups excluding carboxylic acids is 3. The topological polar surface area (TPSA) is 94.2 Å². The number of fused-ring (bicyclic) bond motifs is 1. The van der Waals surface area contributed by atoms with E-state index in [-0.39, 0.29) is 37.0 Å². The summed E-state index contributed by atoms with van der Waals surface area (Å²) in [6.45, 7) is 6.39. The molecule has 8 nitrogen and oxygen atoms in total. The van der Waals surface area contributed by atoms with Crippen LogP contribution in [-0.4, -0.2) is 53.9 Å². The summed E-state index contributed by atoms with van der Waals surface area (Å²) in [7, 11) is 0. The van der Waals surface area contributed by atoms with E-state index in [9.17, 15) is 14.4 Å². The molecule has 0 radical (unpaired) electrons. The highest BCUT2D eigenvalue weighted by atomic mass is 16.6. The number of hydrogen-bond donors (Lipinski definition) is 1. The van der Waals surface area contributed by atoms with E-state index in [1.54, 1.807) is 0 Å². The average Bonchev–Trinajstić information content (AvgIpc) is 3.25. The smallest absolute Gasteiger partial charge is 0.407 e. The van der Waals surface area contributed by atoms with Gasteiger partial charge in [0.25, 0.3) is 0 Å². The fourth-order valence-electron chi connectivity index (χ4n) is 4.69. The molecule has 35 heavy (non-hydrogen) atoms. The fraction of sp³-hybridized carbons (Fsp3) is 0.667. The summed E-state index contributed by atoms with van der Waals surface area (Å²) in [5.74, 6) is -0.875. The van der Waals surface area contributed by atoms with E-state index in [1.165, 1.54) is 0 Å². The van der Waals surface area contributed by atoms with Gasteiger partial charge < -0.3 is 24.4 Å². The maximum Gasteiger partial charge on any atom is 0.407 e. The fourth-order valence-corrected chi connectivity index (χ4v) is 4.69. The number of nitrogens with one attached hydrogen (secondary N) is 1. The third-order valence-electron chi connectivity index (χ3n) is 6.43. The molecule has 2 amide bonds. The van der Waals surface area contributed by atoms with Crippen LogP contribution < -0.4 is 5.32 Å². The molecule has 0 bridgehead atoms. The van der Waals surface area contributed by atoms with Crippen LogP contribution in [0.3, 0.4) is 0 Å². The number of nitrogens with zero attached hydrogens (tertiary/aromatic N) is 1. The van der Waals surface area contributed by atoms with Crippen molar-refractivity contribution in [3.8, 4) is 0 Å². The van der Waals surface area contributed by atoms with Crippen LogP contribution in [0.4, 0.5) is 4.79 Å². The van der Waals surface area contributed by atoms with Crippen LogP contribution in [-0.2, 0) is 30.4 Å². The first-order valence-electron chi connectivity index (χ1n) is 12.8. The summed E-state index contributed by atoms with van der Waals surface area (Å²) in [6, 6.07) is 9.61. The zero-order valence-corrected chi connectivity index (χ0v) is 21.3. The maximum absolute atomic E-state index is 13.5. The molecule has 1 N–H and O–H groups in total. The molecule has 1 aliphatic heterocycles. The minimum atomic E-state index is -0.545. The lowest BCUT2D eigenvalue weighted by Gasteiger charge is -2.31. The van der Waals surface area contributed by atoms with Crippen molar-refractivity contribution in [2.24, 2.45) is 5.92 Å². The van der Waals surface area contributed by atoms with Crippen LogP contribution in [0, 0.1) is 5.92 Å². The first-order valence-corrected chi connectivity index (χ1v) is 12.8. The summed E-state index contributed by atoms with van der Waals surface area (Å²) in [6.07, 6.45) is 5.77. The van der Waals surface area contributed by atoms with Gasteiger partial charge in [-0.3, -0.25) is 9.59 Å². The van der Waals surface area contributed by atoms with Crippen LogP contribution in [0.5, 0.6) is 0 Å². The summed E-state index contributed by atoms with van der Waals surface area (Å²) in [5.41, 5.74) is 0.367. The Morgan fingerprint density at radius 3 is 2.60 bits per heavy atom. The van der Waals surface area contributed by atoms with Gasteiger partial charge in [-0.1, -0.05) is 49.6 Å². The second kappa shape index (κ2) is 12.9. The van der Waals surface area contributed by atoms with Crippen molar-refractivity contribution in [1.29, 1.82) is 0 Å². The molecule has 2 fully saturated rings. The quantitative estimate of drug-likeness (QED) is 0.383. The molecule has 0 unspecified atom stereocenters. The second-order valence-electron chi connectivity index (χ2n) is 10.5. The van der Waals surface area contributed by atoms with Gasteiger partial charge in [0.1, 0.15) is 18.9 Å². The molecule has 1 aromatic rings. The Balaban J connectivity index is 1.52. The Kier molecular flexibility index (Phi) is 9.95. The van der Waals surface area contributed by atoms with E-state index < -0.39 is 17.6 Å². The Bertz CT molecular complexity index is 838. The number of carbonyl (C=O) groups is 3. The Morgan fingerprint density at radius 2 is 1.86 bits per heavy atom. The molecule has 1 aromatic carbocycles. The van der Waals surface area contributed by atoms with Crippen molar-refractivity contribution in [2.45, 2.75) is 96.5 Å². The van der Waals surface area contributed by atoms with Crippen LogP contribution in [0.2, 0.25) is 0 Å². The van der Waals surface area contributed by atoms with Crippen molar-refractivity contribution < 1.29 is 28.6 Å². The highest BCUT2D eigenvalue weighted by Gasteiger charge is 2.41. The number of benzene rings is 1. The van der Waals surface area contributed by atoms with Crippen molar-refractivity contribution >= 4 is 18.0 Å². The van der Waals surface area contributed by atoms with Gasteiger partial charge in [-0.2, -0.15) is 0 Å². The van der Waals surface area contributed by atoms with Crippen molar-refractivity contribution in [1.82, 2.24) is 10.2 Å². The molecule has 0 spiro atoms. The standard InChI is InChI=1S/C27H40N2O6/c1-27(2,3)35-26(32)28-16-10-9-13-21(17-24(30)33-18-20-11-5-4-6-12-20)25(31)29-19-34-23-15-8-7-14-22(23)29/h4-6,11-12,21-23H,7-10,13-19H2,1-3H3,(H,28,32)/t21-,22+,23+/m0/s1. The molecular weight excluding hydrogens is 448 g/mol. The molecule has 1 saturated heterocycles. The van der Waals surface area contributed by atoms with Crippen molar-refractivity contribution in [3.05, 3.63) is 35.9 Å². The minimum Gasteiger partial charge on any atom is -0.461 e. The summed E-state index contributed by atoms with van der Waals surface area (Å²) < 4.78 is 16.6. The molecule has 8 heteroatoms. The zero-order chi connectivity index (χ0) is 25.3. The molecular formula is C27H40N2O6. The molecule has 2 aliphatic rings. The normalized spacial score (nSPS) is 20.6. The predicted molar refractivity (Wildman–Crippen MR) is 131 cm³/mol. The van der Waals surface area contributed by atoms with E-state index in [0.717, 1.165) is 31.2 Å². The SMILES string of the molecule is CC(C)(C)OC(=O)NCCCC[C@@H](CC(=O)OCc1ccccc1)C(=O)N1CO[C@@H]2CCCC[C@H]21. The molecule has 3 atom stereocenters. The number of amides is 2. The third-order valence-corrected chi connectivity index (χ3v) is 6.43. The number of rotatable bonds is 10. The van der Waals surface area contributed by atoms with Gasteiger partial charge in [-0.15, -0.1) is 0 Å². The zero-order valence-electron chi connectivity index (χ0n) is 21.3. The summed E-state index contributed by atoms with van der Waals surface area (Å²) in [5, 5.41) is 2.75. The van der Waals surface area contributed by atoms with Gasteiger partial charge in [0.05, 0.1) is 18.6 Å². The number of hydrogen-bond acceptors (Lipinski definition) is 6. The molecule has 1 saturated carbocycles. The van der Waals surface area contributed by atoms with Gasteiger partial charge in [0, 0.05) is 12.5 Å². The van der Waals surface area contributed by atoms with Crippen LogP contribution in [0.1, 0.15) is 77.7 Å². The van der Waals surface area contributed by atoms with E-state index in [1.807, 2.05) is 56.0 Å². The van der Waals surface area contributed by atoms with Crippen molar-refractivity contribution in [2.75, 3.05) is 13.3 Å². The Morgan fingerprint density at radius 1 is 1.11 bits per heavy atom. The maximum atomic E-state index is 13.5. The molecule has 3 rings (SSSR count). The lowest BCUT2D eigenvalue weighted by atomic mass is 9.90. The number of unbranched alkanes of at least 4 members (excludes halogenated alkanes) is 1. The molecule has 1 aliphatic carbocycles. The highest BCUT2D eigenvalue weighted by Crippen LogP contribution is 2.32. The third kappa shape index (κ3) is 8.84. The van der Waals surface area contributed by atoms with Gasteiger partial charge in [0.2, 0.25) is 5.91 Å². The van der Waals surface area contributed by atoms with E-state index in [2.05, 4.69) is 5.32 Å². The summed E-state index contributed by atoms with van der Waals surface area (Å²) in [4.78, 5) is 39.8. The largest absolute Gasteiger partial charge is 0.461 e. The van der Waals surface area contributed by atoms with E-state index >= 15 is 0 Å². The average molecular weight is 489 g/mol. The molecule has 194 valence electrons. The predicted octanol–water partition coefficient (Wildman–Crippen LogP) is 4.56. The number of ether oxygens (including phenoxy) is 3. The van der Waals surface area contributed by atoms with Crippen LogP contribution in [0.15, 0.2) is 30.3 Å². The lowest BCUT2D eigenvalue weighted by Crippen LogP contribution is -2.44. The van der Waals surface area contributed by atoms with Crippen LogP contribution in [0.25, 0.3) is 0 Å². The Hall–Kier alpha value is -2.61. The number of esters is 1. The monoisotopic (exact) mass is 488 g/mol. The van der Waals surface area contributed by atoms with E-state index in [4.69, 9.17) is 14.2 Å². The minimum absolute atomic E-state index is 0.0313. The Labute approximate surface area is 208 Å². The lowest BCUT2D eigenvalue weighted by molar-refractivity contribution is -0.151. The van der Waals surface area contributed by atoms with Gasteiger partial charge >= 0.3 is 12.1 Å². The van der Waals surface area contributed by atoms with Crippen molar-refractivity contribution in [3.63, 3.8) is 0 Å². The first kappa shape index (κ1) is 27.0. The van der Waals surface area contributed by atoms with Gasteiger partial charge in [-0.05, 0) is 52.0 Å². The molecule has 1 heterocycles. The van der Waals surface area contributed by atoms with Crippen LogP contribution >= 0.6 is 0 Å². The summed E-state index contributed by atoms with van der Waals surface area (Å²) >= 11 is 0. The first-order chi connectivity index (χ1) is 16.7. The van der Waals surface area contributed by atoms with Gasteiger partial charge in [0.15, 0.2) is 0 Å². The highest BCUT2D eigenvalue weighted by molar-refractivity contribution is 5.84. The molecule has 0 aromatic heterocycles. The second-order valence-corrected chi connectivity index (χ2v) is 10.5.